The van der Waals surface area contributed by atoms with Crippen LogP contribution in [0, 0.1) is 6.92 Å². The van der Waals surface area contributed by atoms with Crippen molar-refractivity contribution < 1.29 is 9.59 Å². The maximum atomic E-state index is 12.5. The summed E-state index contributed by atoms with van der Waals surface area (Å²) in [5.74, 6) is -0.375. The monoisotopic (exact) mass is 302 g/mol. The summed E-state index contributed by atoms with van der Waals surface area (Å²) in [6.07, 6.45) is 1.76. The van der Waals surface area contributed by atoms with Crippen LogP contribution in [0.4, 0.5) is 5.69 Å². The molecule has 0 saturated carbocycles. The molecule has 108 valence electrons. The Bertz CT molecular complexity index is 695. The topological polar surface area (TPSA) is 68.1 Å². The number of hydrogen-bond donors (Lipinski definition) is 0. The fourth-order valence-electron chi connectivity index (χ4n) is 2.17. The van der Waals surface area contributed by atoms with Crippen molar-refractivity contribution >= 4 is 29.3 Å². The predicted octanol–water partition coefficient (Wildman–Crippen LogP) is 1.55. The van der Waals surface area contributed by atoms with Crippen molar-refractivity contribution in [2.45, 2.75) is 23.8 Å². The van der Waals surface area contributed by atoms with Crippen molar-refractivity contribution in [1.82, 2.24) is 14.8 Å². The van der Waals surface area contributed by atoms with Crippen LogP contribution >= 0.6 is 11.8 Å². The molecule has 1 fully saturated rings. The number of hydrogen-bond acceptors (Lipinski definition) is 5. The van der Waals surface area contributed by atoms with Crippen molar-refractivity contribution in [1.29, 1.82) is 0 Å². The molecule has 0 bridgehead atoms. The van der Waals surface area contributed by atoms with Crippen molar-refractivity contribution in [3.8, 4) is 0 Å². The summed E-state index contributed by atoms with van der Waals surface area (Å²) in [6.45, 7) is 1.96. The highest BCUT2D eigenvalue weighted by molar-refractivity contribution is 8.00. The minimum absolute atomic E-state index is 0.177. The van der Waals surface area contributed by atoms with E-state index in [1.165, 1.54) is 16.7 Å². The smallest absolute Gasteiger partial charge is 0.247 e. The van der Waals surface area contributed by atoms with Gasteiger partial charge in [-0.3, -0.25) is 9.59 Å². The van der Waals surface area contributed by atoms with Gasteiger partial charge in [0.1, 0.15) is 11.6 Å². The summed E-state index contributed by atoms with van der Waals surface area (Å²) in [5, 5.41) is 7.91. The molecule has 0 radical (unpaired) electrons. The minimum atomic E-state index is -0.443. The molecule has 1 unspecified atom stereocenters. The van der Waals surface area contributed by atoms with E-state index in [2.05, 4.69) is 10.2 Å². The number of imide groups is 1. The van der Waals surface area contributed by atoms with Gasteiger partial charge in [0.2, 0.25) is 11.8 Å². The van der Waals surface area contributed by atoms with Gasteiger partial charge in [0.25, 0.3) is 0 Å². The lowest BCUT2D eigenvalue weighted by Crippen LogP contribution is -2.31. The maximum absolute atomic E-state index is 12.5. The molecule has 0 spiro atoms. The number of rotatable bonds is 3. The number of nitrogens with zero attached hydrogens (tertiary/aromatic N) is 4. The molecular formula is C14H14N4O2S. The standard InChI is InChI=1S/C14H14N4O2S/c1-9-3-5-10(6-4-9)18-12(19)7-11(13(18)20)21-14-16-15-8-17(14)2/h3-6,8,11H,7H2,1-2H3. The molecule has 0 aliphatic carbocycles. The molecule has 0 N–H and O–H groups in total. The summed E-state index contributed by atoms with van der Waals surface area (Å²) >= 11 is 1.28. The number of aromatic nitrogens is 3. The van der Waals surface area contributed by atoms with Gasteiger partial charge in [0, 0.05) is 13.5 Å². The Morgan fingerprint density at radius 2 is 1.95 bits per heavy atom. The average molecular weight is 302 g/mol. The van der Waals surface area contributed by atoms with Crippen molar-refractivity contribution in [3.63, 3.8) is 0 Å². The van der Waals surface area contributed by atoms with E-state index < -0.39 is 5.25 Å². The van der Waals surface area contributed by atoms with E-state index in [1.54, 1.807) is 30.1 Å². The highest BCUT2D eigenvalue weighted by atomic mass is 32.2. The average Bonchev–Trinajstić information content (AvgIpc) is 2.97. The van der Waals surface area contributed by atoms with Crippen LogP contribution in [0.2, 0.25) is 0 Å². The Balaban J connectivity index is 1.82. The van der Waals surface area contributed by atoms with Crippen molar-refractivity contribution in [3.05, 3.63) is 36.2 Å². The fraction of sp³-hybridized carbons (Fsp3) is 0.286. The highest BCUT2D eigenvalue weighted by Crippen LogP contribution is 2.32. The number of aryl methyl sites for hydroxylation is 2. The molecule has 2 amide bonds. The maximum Gasteiger partial charge on any atom is 0.247 e. The Morgan fingerprint density at radius 1 is 1.24 bits per heavy atom. The molecule has 6 nitrogen and oxygen atoms in total. The zero-order chi connectivity index (χ0) is 15.0. The molecule has 2 aromatic rings. The van der Waals surface area contributed by atoms with Gasteiger partial charge < -0.3 is 4.57 Å². The lowest BCUT2D eigenvalue weighted by atomic mass is 10.2. The first-order valence-electron chi connectivity index (χ1n) is 6.50. The number of thioether (sulfide) groups is 1. The third-order valence-corrected chi connectivity index (χ3v) is 4.55. The Morgan fingerprint density at radius 3 is 2.57 bits per heavy atom. The van der Waals surface area contributed by atoms with E-state index in [1.807, 2.05) is 19.1 Å². The summed E-state index contributed by atoms with van der Waals surface area (Å²) in [5.41, 5.74) is 1.71. The van der Waals surface area contributed by atoms with Gasteiger partial charge in [-0.05, 0) is 19.1 Å². The number of anilines is 1. The lowest BCUT2D eigenvalue weighted by molar-refractivity contribution is -0.121. The van der Waals surface area contributed by atoms with Crippen LogP contribution in [0.15, 0.2) is 35.7 Å². The molecule has 1 aliphatic rings. The van der Waals surface area contributed by atoms with Crippen molar-refractivity contribution in [2.24, 2.45) is 7.05 Å². The van der Waals surface area contributed by atoms with Crippen LogP contribution < -0.4 is 4.90 Å². The molecule has 1 saturated heterocycles. The molecule has 1 aromatic carbocycles. The third kappa shape index (κ3) is 2.56. The van der Waals surface area contributed by atoms with Crippen LogP contribution in [0.25, 0.3) is 0 Å². The first-order chi connectivity index (χ1) is 10.1. The van der Waals surface area contributed by atoms with Gasteiger partial charge in [0.15, 0.2) is 5.16 Å². The minimum Gasteiger partial charge on any atom is -0.312 e. The second-order valence-corrected chi connectivity index (χ2v) is 6.11. The molecule has 3 rings (SSSR count). The summed E-state index contributed by atoms with van der Waals surface area (Å²) in [6, 6.07) is 7.36. The Labute approximate surface area is 126 Å². The molecule has 1 atom stereocenters. The van der Waals surface area contributed by atoms with Crippen molar-refractivity contribution in [2.75, 3.05) is 4.90 Å². The van der Waals surface area contributed by atoms with E-state index in [4.69, 9.17) is 0 Å². The molecular weight excluding hydrogens is 288 g/mol. The van der Waals surface area contributed by atoms with Gasteiger partial charge in [-0.15, -0.1) is 10.2 Å². The van der Waals surface area contributed by atoms with E-state index in [0.29, 0.717) is 10.8 Å². The van der Waals surface area contributed by atoms with Gasteiger partial charge >= 0.3 is 0 Å². The second kappa shape index (κ2) is 5.33. The van der Waals surface area contributed by atoms with E-state index in [0.717, 1.165) is 5.56 Å². The number of carbonyl (C=O) groups excluding carboxylic acids is 2. The van der Waals surface area contributed by atoms with E-state index in [-0.39, 0.29) is 18.2 Å². The van der Waals surface area contributed by atoms with Gasteiger partial charge in [-0.2, -0.15) is 0 Å². The number of benzene rings is 1. The number of amides is 2. The molecule has 2 heterocycles. The lowest BCUT2D eigenvalue weighted by Gasteiger charge is -2.14. The largest absolute Gasteiger partial charge is 0.312 e. The van der Waals surface area contributed by atoms with Gasteiger partial charge in [0.05, 0.1) is 5.69 Å². The highest BCUT2D eigenvalue weighted by Gasteiger charge is 2.40. The van der Waals surface area contributed by atoms with E-state index >= 15 is 0 Å². The second-order valence-electron chi connectivity index (χ2n) is 4.94. The molecule has 21 heavy (non-hydrogen) atoms. The normalized spacial score (nSPS) is 18.6. The Hall–Kier alpha value is -2.15. The summed E-state index contributed by atoms with van der Waals surface area (Å²) < 4.78 is 1.73. The van der Waals surface area contributed by atoms with Crippen LogP contribution in [-0.2, 0) is 16.6 Å². The van der Waals surface area contributed by atoms with E-state index in [9.17, 15) is 9.59 Å². The predicted molar refractivity (Wildman–Crippen MR) is 78.9 cm³/mol. The van der Waals surface area contributed by atoms with Gasteiger partial charge in [-0.25, -0.2) is 4.90 Å². The third-order valence-electron chi connectivity index (χ3n) is 3.31. The van der Waals surface area contributed by atoms with Crippen LogP contribution in [0.3, 0.4) is 0 Å². The summed E-state index contributed by atoms with van der Waals surface area (Å²) in [7, 11) is 1.81. The number of carbonyl (C=O) groups is 2. The quantitative estimate of drug-likeness (QED) is 0.805. The molecule has 7 heteroatoms. The summed E-state index contributed by atoms with van der Waals surface area (Å²) in [4.78, 5) is 25.9. The first kappa shape index (κ1) is 13.8. The van der Waals surface area contributed by atoms with Crippen LogP contribution in [0.1, 0.15) is 12.0 Å². The zero-order valence-corrected chi connectivity index (χ0v) is 12.5. The molecule has 1 aromatic heterocycles. The van der Waals surface area contributed by atoms with Gasteiger partial charge in [-0.1, -0.05) is 29.5 Å². The first-order valence-corrected chi connectivity index (χ1v) is 7.38. The molecule has 1 aliphatic heterocycles. The fourth-order valence-corrected chi connectivity index (χ4v) is 3.16. The SMILES string of the molecule is Cc1ccc(N2C(=O)CC(Sc3nncn3C)C2=O)cc1. The van der Waals surface area contributed by atoms with Crippen LogP contribution in [-0.4, -0.2) is 31.8 Å². The Kier molecular flexibility index (Phi) is 3.50. The van der Waals surface area contributed by atoms with Crippen LogP contribution in [0.5, 0.6) is 0 Å². The zero-order valence-electron chi connectivity index (χ0n) is 11.7.